The van der Waals surface area contributed by atoms with Crippen molar-refractivity contribution in [1.29, 1.82) is 0 Å². The molecule has 2 nitrogen and oxygen atoms in total. The van der Waals surface area contributed by atoms with Gasteiger partial charge in [0.15, 0.2) is 0 Å². The number of hydrogen-bond acceptors (Lipinski definition) is 0. The molecule has 13 heteroatoms. The van der Waals surface area contributed by atoms with E-state index in [4.69, 9.17) is 11.6 Å². The van der Waals surface area contributed by atoms with Gasteiger partial charge in [-0.15, -0.1) is 0 Å². The van der Waals surface area contributed by atoms with Gasteiger partial charge in [0.05, 0.1) is 11.6 Å². The van der Waals surface area contributed by atoms with E-state index in [9.17, 15) is 43.9 Å². The molecule has 0 N–H and O–H groups in total. The zero-order valence-electron chi connectivity index (χ0n) is 21.4. The molecule has 0 amide bonds. The van der Waals surface area contributed by atoms with E-state index in [1.165, 1.54) is 6.07 Å². The summed E-state index contributed by atoms with van der Waals surface area (Å²) < 4.78 is 134. The molecule has 0 radical (unpaired) electrons. The van der Waals surface area contributed by atoms with E-state index in [1.54, 1.807) is 12.1 Å². The molecular formula is C26H32ClF10N2+. The Morgan fingerprint density at radius 1 is 0.769 bits per heavy atom. The van der Waals surface area contributed by atoms with Crippen LogP contribution in [0, 0.1) is 12.7 Å². The molecule has 0 aliphatic heterocycles. The third-order valence-corrected chi connectivity index (χ3v) is 7.10. The molecule has 1 heterocycles. The molecule has 0 saturated carbocycles. The highest BCUT2D eigenvalue weighted by atomic mass is 35.5. The predicted octanol–water partition coefficient (Wildman–Crippen LogP) is 9.29. The third-order valence-electron chi connectivity index (χ3n) is 6.75. The molecule has 2 aromatic rings. The lowest BCUT2D eigenvalue weighted by molar-refractivity contribution is -0.694. The highest BCUT2D eigenvalue weighted by molar-refractivity contribution is 6.31. The van der Waals surface area contributed by atoms with Gasteiger partial charge in [-0.25, -0.2) is 13.5 Å². The number of rotatable bonds is 16. The first-order valence-electron chi connectivity index (χ1n) is 12.7. The second-order valence-corrected chi connectivity index (χ2v) is 10.1. The number of alkyl halides is 9. The van der Waals surface area contributed by atoms with Crippen molar-refractivity contribution >= 4 is 11.6 Å². The summed E-state index contributed by atoms with van der Waals surface area (Å²) in [5.41, 5.74) is 0.416. The maximum Gasteiger partial charge on any atom is 0.460 e. The van der Waals surface area contributed by atoms with Gasteiger partial charge in [0.25, 0.3) is 5.82 Å². The number of aromatic nitrogens is 2. The zero-order valence-corrected chi connectivity index (χ0v) is 22.2. The fourth-order valence-electron chi connectivity index (χ4n) is 4.23. The minimum absolute atomic E-state index is 0.0221. The van der Waals surface area contributed by atoms with Gasteiger partial charge in [0.1, 0.15) is 24.8 Å². The predicted molar refractivity (Wildman–Crippen MR) is 127 cm³/mol. The molecule has 0 unspecified atom stereocenters. The van der Waals surface area contributed by atoms with Crippen LogP contribution >= 0.6 is 11.6 Å². The van der Waals surface area contributed by atoms with Crippen LogP contribution in [-0.4, -0.2) is 28.5 Å². The monoisotopic (exact) mass is 597 g/mol. The van der Waals surface area contributed by atoms with E-state index in [0.29, 0.717) is 30.0 Å². The van der Waals surface area contributed by atoms with Crippen molar-refractivity contribution in [2.45, 2.75) is 108 Å². The average Bonchev–Trinajstić information content (AvgIpc) is 3.17. The van der Waals surface area contributed by atoms with Gasteiger partial charge < -0.3 is 0 Å². The van der Waals surface area contributed by atoms with E-state index in [2.05, 4.69) is 4.57 Å². The van der Waals surface area contributed by atoms with Gasteiger partial charge in [-0.3, -0.25) is 0 Å². The Morgan fingerprint density at radius 2 is 1.31 bits per heavy atom. The number of imidazole rings is 1. The number of hydrogen-bond donors (Lipinski definition) is 0. The summed E-state index contributed by atoms with van der Waals surface area (Å²) in [7, 11) is 0. The van der Waals surface area contributed by atoms with Crippen LogP contribution in [0.5, 0.6) is 0 Å². The lowest BCUT2D eigenvalue weighted by Gasteiger charge is -2.33. The topological polar surface area (TPSA) is 8.81 Å². The quantitative estimate of drug-likeness (QED) is 0.104. The lowest BCUT2D eigenvalue weighted by atomic mass is 9.97. The minimum Gasteiger partial charge on any atom is -0.234 e. The van der Waals surface area contributed by atoms with Gasteiger partial charge in [-0.2, -0.15) is 39.5 Å². The van der Waals surface area contributed by atoms with Gasteiger partial charge in [-0.1, -0.05) is 56.2 Å². The van der Waals surface area contributed by atoms with Crippen LogP contribution in [0.25, 0.3) is 0 Å². The van der Waals surface area contributed by atoms with Gasteiger partial charge in [-0.05, 0) is 31.4 Å². The van der Waals surface area contributed by atoms with Crippen molar-refractivity contribution < 1.29 is 48.5 Å². The first kappa shape index (κ1) is 33.2. The van der Waals surface area contributed by atoms with E-state index in [1.807, 2.05) is 23.9 Å². The first-order chi connectivity index (χ1) is 18.0. The van der Waals surface area contributed by atoms with E-state index in [0.717, 1.165) is 44.5 Å². The highest BCUT2D eigenvalue weighted by Gasteiger charge is 2.81. The molecule has 0 atom stereocenters. The smallest absolute Gasteiger partial charge is 0.234 e. The Bertz CT molecular complexity index is 1030. The lowest BCUT2D eigenvalue weighted by Crippen LogP contribution is -2.60. The molecule has 0 aliphatic carbocycles. The van der Waals surface area contributed by atoms with Crippen LogP contribution in [0.15, 0.2) is 30.6 Å². The summed E-state index contributed by atoms with van der Waals surface area (Å²) in [6, 6.07) is 4.55. The van der Waals surface area contributed by atoms with Crippen molar-refractivity contribution in [2.75, 3.05) is 0 Å². The van der Waals surface area contributed by atoms with Crippen LogP contribution < -0.4 is 4.57 Å². The minimum atomic E-state index is -6.82. The molecule has 222 valence electrons. The van der Waals surface area contributed by atoms with E-state index in [-0.39, 0.29) is 12.2 Å². The van der Waals surface area contributed by atoms with Gasteiger partial charge >= 0.3 is 23.9 Å². The van der Waals surface area contributed by atoms with Crippen LogP contribution in [0.1, 0.15) is 75.6 Å². The molecule has 0 fully saturated rings. The molecule has 2 rings (SSSR count). The number of benzene rings is 1. The summed E-state index contributed by atoms with van der Waals surface area (Å²) in [6.45, 7) is 2.99. The van der Waals surface area contributed by atoms with Gasteiger partial charge in [0.2, 0.25) is 0 Å². The average molecular weight is 598 g/mol. The number of nitrogens with zero attached hydrogens (tertiary/aromatic N) is 2. The highest BCUT2D eigenvalue weighted by Crippen LogP contribution is 2.54. The first-order valence-corrected chi connectivity index (χ1v) is 13.1. The maximum absolute atomic E-state index is 14.1. The van der Waals surface area contributed by atoms with Crippen molar-refractivity contribution in [3.8, 4) is 0 Å². The Hall–Kier alpha value is -1.98. The summed E-state index contributed by atoms with van der Waals surface area (Å²) in [5, 5.41) is 0.361. The summed E-state index contributed by atoms with van der Waals surface area (Å²) in [4.78, 5) is 0. The normalized spacial score (nSPS) is 13.3. The van der Waals surface area contributed by atoms with Crippen LogP contribution in [0.3, 0.4) is 0 Å². The number of aryl methyl sites for hydroxylation is 1. The molecule has 39 heavy (non-hydrogen) atoms. The molecule has 1 aromatic carbocycles. The summed E-state index contributed by atoms with van der Waals surface area (Å²) >= 11 is 6.10. The van der Waals surface area contributed by atoms with Crippen LogP contribution in [0.2, 0.25) is 5.02 Å². The largest absolute Gasteiger partial charge is 0.460 e. The second-order valence-electron chi connectivity index (χ2n) is 9.65. The molecule has 0 bridgehead atoms. The maximum atomic E-state index is 14.1. The van der Waals surface area contributed by atoms with Crippen molar-refractivity contribution in [2.24, 2.45) is 0 Å². The second kappa shape index (κ2) is 13.6. The Balaban J connectivity index is 1.60. The molecule has 1 aromatic heterocycles. The molecule has 0 spiro atoms. The number of halogens is 11. The van der Waals surface area contributed by atoms with Crippen molar-refractivity contribution in [3.05, 3.63) is 52.8 Å². The van der Waals surface area contributed by atoms with Crippen molar-refractivity contribution in [1.82, 2.24) is 4.57 Å². The Labute approximate surface area is 225 Å². The Morgan fingerprint density at radius 3 is 1.85 bits per heavy atom. The van der Waals surface area contributed by atoms with E-state index >= 15 is 0 Å². The Kier molecular flexibility index (Phi) is 11.6. The number of unbranched alkanes of at least 4 members (excludes halogenated alkanes) is 8. The SMILES string of the molecule is Cc1n(CCCCCCCCCCCC(F)(F)C(F)(F)C(F)(F)C(F)(F)F)cc[n+]1Cc1c(F)cccc1Cl. The standard InChI is InChI=1S/C26H32ClF10N2/c1-19-38(16-17-39(19)18-20-21(27)12-11-13-22(20)28)15-10-8-6-4-2-3-5-7-9-14-23(29,30)24(31,32)25(33,34)26(35,36)37/h11-13,16-17H,2-10,14-15,18H2,1H3/q+1. The zero-order chi connectivity index (χ0) is 29.5. The van der Waals surface area contributed by atoms with Crippen LogP contribution in [-0.2, 0) is 13.1 Å². The third kappa shape index (κ3) is 8.27. The summed E-state index contributed by atoms with van der Waals surface area (Å²) in [5.74, 6) is -18.2. The van der Waals surface area contributed by atoms with Gasteiger partial charge in [0, 0.05) is 18.9 Å². The van der Waals surface area contributed by atoms with Crippen LogP contribution in [0.4, 0.5) is 43.9 Å². The van der Waals surface area contributed by atoms with E-state index < -0.39 is 36.8 Å². The van der Waals surface area contributed by atoms with Crippen molar-refractivity contribution in [3.63, 3.8) is 0 Å². The molecule has 0 aliphatic rings. The fourth-order valence-corrected chi connectivity index (χ4v) is 4.45. The molecular weight excluding hydrogens is 566 g/mol. The fraction of sp³-hybridized carbons (Fsp3) is 0.654. The molecule has 0 saturated heterocycles. The summed E-state index contributed by atoms with van der Waals surface area (Å²) in [6.07, 6.45) is -0.0165.